The third-order valence-electron chi connectivity index (χ3n) is 2.50. The van der Waals surface area contributed by atoms with Gasteiger partial charge in [0.2, 0.25) is 0 Å². The van der Waals surface area contributed by atoms with E-state index in [4.69, 9.17) is 9.47 Å². The Labute approximate surface area is 97.9 Å². The first-order valence-corrected chi connectivity index (χ1v) is 5.75. The molecule has 0 aliphatic carbocycles. The molecular weight excluding hydrogens is 258 g/mol. The summed E-state index contributed by atoms with van der Waals surface area (Å²) in [6.45, 7) is 2.37. The molecule has 1 aromatic carbocycles. The maximum absolute atomic E-state index is 5.44. The van der Waals surface area contributed by atoms with Crippen LogP contribution in [0.15, 0.2) is 22.7 Å². The number of hydrogen-bond acceptors (Lipinski definition) is 3. The summed E-state index contributed by atoms with van der Waals surface area (Å²) in [5.41, 5.74) is 1.14. The molecule has 0 radical (unpaired) electrons. The van der Waals surface area contributed by atoms with Gasteiger partial charge in [0.05, 0.1) is 30.8 Å². The Bertz CT molecular complexity index is 337. The molecule has 82 valence electrons. The Hall–Kier alpha value is -0.580. The fourth-order valence-electron chi connectivity index (χ4n) is 1.78. The second-order valence-corrected chi connectivity index (χ2v) is 4.30. The van der Waals surface area contributed by atoms with Crippen LogP contribution in [0.25, 0.3) is 0 Å². The number of para-hydroxylation sites is 1. The van der Waals surface area contributed by atoms with Crippen molar-refractivity contribution in [1.82, 2.24) is 5.32 Å². The van der Waals surface area contributed by atoms with Crippen molar-refractivity contribution in [2.75, 3.05) is 26.9 Å². The normalized spacial score (nSPS) is 21.3. The molecule has 1 aliphatic heterocycles. The van der Waals surface area contributed by atoms with E-state index in [1.165, 1.54) is 0 Å². The minimum absolute atomic E-state index is 0.228. The molecule has 0 aromatic heterocycles. The molecule has 1 saturated heterocycles. The molecule has 4 heteroatoms. The lowest BCUT2D eigenvalue weighted by Gasteiger charge is -2.25. The summed E-state index contributed by atoms with van der Waals surface area (Å²) < 4.78 is 11.8. The number of hydrogen-bond donors (Lipinski definition) is 1. The zero-order valence-electron chi connectivity index (χ0n) is 8.63. The molecule has 3 nitrogen and oxygen atoms in total. The number of methoxy groups -OCH3 is 1. The minimum atomic E-state index is 0.228. The lowest BCUT2D eigenvalue weighted by molar-refractivity contribution is 0.0760. The van der Waals surface area contributed by atoms with Crippen molar-refractivity contribution in [3.05, 3.63) is 28.2 Å². The monoisotopic (exact) mass is 271 g/mol. The van der Waals surface area contributed by atoms with E-state index in [2.05, 4.69) is 27.3 Å². The minimum Gasteiger partial charge on any atom is -0.495 e. The van der Waals surface area contributed by atoms with Gasteiger partial charge in [0, 0.05) is 12.1 Å². The van der Waals surface area contributed by atoms with Crippen molar-refractivity contribution in [2.24, 2.45) is 0 Å². The van der Waals surface area contributed by atoms with Gasteiger partial charge in [0.25, 0.3) is 0 Å². The topological polar surface area (TPSA) is 30.5 Å². The maximum atomic E-state index is 5.44. The molecule has 1 fully saturated rings. The lowest BCUT2D eigenvalue weighted by atomic mass is 10.1. The summed E-state index contributed by atoms with van der Waals surface area (Å²) in [7, 11) is 1.69. The summed E-state index contributed by atoms with van der Waals surface area (Å²) in [5, 5.41) is 3.41. The Morgan fingerprint density at radius 2 is 2.40 bits per heavy atom. The number of ether oxygens (including phenoxy) is 2. The molecule has 1 aromatic rings. The van der Waals surface area contributed by atoms with Crippen molar-refractivity contribution in [1.29, 1.82) is 0 Å². The predicted octanol–water partition coefficient (Wildman–Crippen LogP) is 2.12. The fourth-order valence-corrected chi connectivity index (χ4v) is 2.32. The molecule has 1 aliphatic rings. The summed E-state index contributed by atoms with van der Waals surface area (Å²) in [6.07, 6.45) is 0. The molecule has 1 unspecified atom stereocenters. The molecular formula is C11H14BrNO2. The van der Waals surface area contributed by atoms with E-state index in [1.807, 2.05) is 12.1 Å². The summed E-state index contributed by atoms with van der Waals surface area (Å²) in [5.74, 6) is 0.889. The van der Waals surface area contributed by atoms with Crippen LogP contribution in [-0.2, 0) is 4.74 Å². The van der Waals surface area contributed by atoms with Gasteiger partial charge in [-0.25, -0.2) is 0 Å². The summed E-state index contributed by atoms with van der Waals surface area (Å²) >= 11 is 3.48. The SMILES string of the molecule is COc1c(Br)cccc1C1COCCN1. The Kier molecular flexibility index (Phi) is 3.61. The van der Waals surface area contributed by atoms with Crippen molar-refractivity contribution >= 4 is 15.9 Å². The van der Waals surface area contributed by atoms with Crippen LogP contribution in [-0.4, -0.2) is 26.9 Å². The highest BCUT2D eigenvalue weighted by Crippen LogP contribution is 2.33. The number of morpholine rings is 1. The Morgan fingerprint density at radius 3 is 3.07 bits per heavy atom. The predicted molar refractivity (Wildman–Crippen MR) is 62.3 cm³/mol. The van der Waals surface area contributed by atoms with Gasteiger partial charge < -0.3 is 14.8 Å². The third-order valence-corrected chi connectivity index (χ3v) is 3.12. The highest BCUT2D eigenvalue weighted by Gasteiger charge is 2.19. The number of halogens is 1. The van der Waals surface area contributed by atoms with E-state index < -0.39 is 0 Å². The largest absolute Gasteiger partial charge is 0.495 e. The zero-order valence-corrected chi connectivity index (χ0v) is 10.2. The van der Waals surface area contributed by atoms with E-state index in [0.29, 0.717) is 6.61 Å². The van der Waals surface area contributed by atoms with Crippen LogP contribution in [0.2, 0.25) is 0 Å². The van der Waals surface area contributed by atoms with E-state index in [1.54, 1.807) is 7.11 Å². The molecule has 0 spiro atoms. The van der Waals surface area contributed by atoms with Gasteiger partial charge in [-0.1, -0.05) is 12.1 Å². The fraction of sp³-hybridized carbons (Fsp3) is 0.455. The quantitative estimate of drug-likeness (QED) is 0.894. The van der Waals surface area contributed by atoms with Gasteiger partial charge in [-0.15, -0.1) is 0 Å². The molecule has 1 heterocycles. The van der Waals surface area contributed by atoms with Crippen LogP contribution in [0, 0.1) is 0 Å². The van der Waals surface area contributed by atoms with Crippen LogP contribution >= 0.6 is 15.9 Å². The van der Waals surface area contributed by atoms with E-state index in [9.17, 15) is 0 Å². The lowest BCUT2D eigenvalue weighted by Crippen LogP contribution is -2.34. The first-order chi connectivity index (χ1) is 7.33. The molecule has 0 saturated carbocycles. The zero-order chi connectivity index (χ0) is 10.7. The number of benzene rings is 1. The van der Waals surface area contributed by atoms with Crippen molar-refractivity contribution < 1.29 is 9.47 Å². The van der Waals surface area contributed by atoms with Crippen molar-refractivity contribution in [3.8, 4) is 5.75 Å². The first-order valence-electron chi connectivity index (χ1n) is 4.96. The average Bonchev–Trinajstić information content (AvgIpc) is 2.30. The first kappa shape index (κ1) is 10.9. The Morgan fingerprint density at radius 1 is 1.53 bits per heavy atom. The number of rotatable bonds is 2. The van der Waals surface area contributed by atoms with Crippen LogP contribution in [0.1, 0.15) is 11.6 Å². The van der Waals surface area contributed by atoms with E-state index >= 15 is 0 Å². The van der Waals surface area contributed by atoms with Gasteiger partial charge in [-0.2, -0.15) is 0 Å². The van der Waals surface area contributed by atoms with Crippen LogP contribution < -0.4 is 10.1 Å². The molecule has 15 heavy (non-hydrogen) atoms. The van der Waals surface area contributed by atoms with Gasteiger partial charge in [0.1, 0.15) is 5.75 Å². The number of nitrogens with one attached hydrogen (secondary N) is 1. The molecule has 1 N–H and O–H groups in total. The summed E-state index contributed by atoms with van der Waals surface area (Å²) in [6, 6.07) is 6.28. The van der Waals surface area contributed by atoms with E-state index in [0.717, 1.165) is 28.9 Å². The van der Waals surface area contributed by atoms with Gasteiger partial charge in [0.15, 0.2) is 0 Å². The Balaban J connectivity index is 2.29. The van der Waals surface area contributed by atoms with Crippen LogP contribution in [0.4, 0.5) is 0 Å². The second-order valence-electron chi connectivity index (χ2n) is 3.44. The summed E-state index contributed by atoms with van der Waals surface area (Å²) in [4.78, 5) is 0. The molecule has 1 atom stereocenters. The van der Waals surface area contributed by atoms with Gasteiger partial charge in [-0.3, -0.25) is 0 Å². The van der Waals surface area contributed by atoms with Crippen LogP contribution in [0.5, 0.6) is 5.75 Å². The van der Waals surface area contributed by atoms with E-state index in [-0.39, 0.29) is 6.04 Å². The molecule has 0 bridgehead atoms. The highest BCUT2D eigenvalue weighted by molar-refractivity contribution is 9.10. The maximum Gasteiger partial charge on any atom is 0.137 e. The van der Waals surface area contributed by atoms with Crippen molar-refractivity contribution in [3.63, 3.8) is 0 Å². The average molecular weight is 272 g/mol. The van der Waals surface area contributed by atoms with Gasteiger partial charge in [-0.05, 0) is 22.0 Å². The van der Waals surface area contributed by atoms with Crippen molar-refractivity contribution in [2.45, 2.75) is 6.04 Å². The standard InChI is InChI=1S/C11H14BrNO2/c1-14-11-8(3-2-4-9(11)12)10-7-15-6-5-13-10/h2-4,10,13H,5-7H2,1H3. The van der Waals surface area contributed by atoms with Gasteiger partial charge >= 0.3 is 0 Å². The third kappa shape index (κ3) is 2.33. The second kappa shape index (κ2) is 4.96. The highest BCUT2D eigenvalue weighted by atomic mass is 79.9. The smallest absolute Gasteiger partial charge is 0.137 e. The molecule has 0 amide bonds. The van der Waals surface area contributed by atoms with Crippen LogP contribution in [0.3, 0.4) is 0 Å². The molecule has 2 rings (SSSR count).